The first-order valence-electron chi connectivity index (χ1n) is 7.67. The van der Waals surface area contributed by atoms with Crippen LogP contribution in [0.2, 0.25) is 0 Å². The molecule has 0 saturated carbocycles. The predicted octanol–water partition coefficient (Wildman–Crippen LogP) is 7.07. The zero-order valence-electron chi connectivity index (χ0n) is 13.1. The van der Waals surface area contributed by atoms with E-state index >= 15 is 0 Å². The van der Waals surface area contributed by atoms with Crippen molar-refractivity contribution < 1.29 is 0 Å². The summed E-state index contributed by atoms with van der Waals surface area (Å²) in [6, 6.07) is 21.6. The van der Waals surface area contributed by atoms with Gasteiger partial charge in [-0.05, 0) is 54.3 Å². The third-order valence-corrected chi connectivity index (χ3v) is 5.94. The number of benzene rings is 3. The molecule has 0 radical (unpaired) electrons. The lowest BCUT2D eigenvalue weighted by Gasteiger charge is -2.11. The predicted molar refractivity (Wildman–Crippen MR) is 105 cm³/mol. The first kappa shape index (κ1) is 14.6. The molecule has 0 aliphatic rings. The van der Waals surface area contributed by atoms with Crippen molar-refractivity contribution in [3.8, 4) is 11.1 Å². The van der Waals surface area contributed by atoms with E-state index in [1.807, 2.05) is 11.3 Å². The molecule has 0 nitrogen and oxygen atoms in total. The van der Waals surface area contributed by atoms with Gasteiger partial charge in [0.2, 0.25) is 0 Å². The van der Waals surface area contributed by atoms with Crippen LogP contribution in [-0.4, -0.2) is 0 Å². The summed E-state index contributed by atoms with van der Waals surface area (Å²) in [5.74, 6) is 0. The quantitative estimate of drug-likeness (QED) is 0.265. The van der Waals surface area contributed by atoms with Crippen LogP contribution in [0.1, 0.15) is 11.1 Å². The SMILES string of the molecule is Cc1cccc(C)c1-c1ccc2sc3ccccc3c(=S)c2c1. The van der Waals surface area contributed by atoms with Crippen LogP contribution in [0.25, 0.3) is 31.3 Å². The molecule has 0 amide bonds. The minimum absolute atomic E-state index is 0.961. The molecule has 4 aromatic rings. The summed E-state index contributed by atoms with van der Waals surface area (Å²) >= 11 is 7.59. The molecule has 0 bridgehead atoms. The number of hydrogen-bond acceptors (Lipinski definition) is 2. The average molecular weight is 332 g/mol. The molecule has 0 fully saturated rings. The molecular weight excluding hydrogens is 316 g/mol. The van der Waals surface area contributed by atoms with Crippen molar-refractivity contribution in [3.05, 3.63) is 76.3 Å². The highest BCUT2D eigenvalue weighted by Crippen LogP contribution is 2.34. The highest BCUT2D eigenvalue weighted by Gasteiger charge is 2.08. The Balaban J connectivity index is 2.07. The van der Waals surface area contributed by atoms with E-state index in [1.54, 1.807) is 0 Å². The van der Waals surface area contributed by atoms with Crippen LogP contribution in [0.4, 0.5) is 0 Å². The van der Waals surface area contributed by atoms with E-state index in [2.05, 4.69) is 74.5 Å². The van der Waals surface area contributed by atoms with Gasteiger partial charge in [-0.1, -0.05) is 54.7 Å². The molecule has 0 spiro atoms. The number of rotatable bonds is 1. The number of aryl methyl sites for hydroxylation is 2. The summed E-state index contributed by atoms with van der Waals surface area (Å²) in [5, 5.41) is 2.36. The van der Waals surface area contributed by atoms with Gasteiger partial charge in [0.15, 0.2) is 0 Å². The van der Waals surface area contributed by atoms with Gasteiger partial charge in [-0.25, -0.2) is 0 Å². The fourth-order valence-electron chi connectivity index (χ4n) is 3.23. The summed E-state index contributed by atoms with van der Waals surface area (Å²) in [5.41, 5.74) is 5.18. The molecule has 0 aliphatic heterocycles. The maximum Gasteiger partial charge on any atom is 0.0550 e. The van der Waals surface area contributed by atoms with E-state index in [0.717, 1.165) is 4.51 Å². The molecule has 3 aromatic carbocycles. The van der Waals surface area contributed by atoms with Crippen LogP contribution in [0.15, 0.2) is 60.7 Å². The van der Waals surface area contributed by atoms with Crippen LogP contribution in [0, 0.1) is 18.4 Å². The lowest BCUT2D eigenvalue weighted by molar-refractivity contribution is 1.38. The van der Waals surface area contributed by atoms with E-state index in [-0.39, 0.29) is 0 Å². The minimum atomic E-state index is 0.961. The second-order valence-electron chi connectivity index (χ2n) is 5.91. The molecule has 4 rings (SSSR count). The van der Waals surface area contributed by atoms with Crippen molar-refractivity contribution >= 4 is 43.7 Å². The van der Waals surface area contributed by atoms with Crippen LogP contribution >= 0.6 is 23.6 Å². The molecule has 0 unspecified atom stereocenters. The number of fused-ring (bicyclic) bond motifs is 2. The highest BCUT2D eigenvalue weighted by molar-refractivity contribution is 7.72. The second-order valence-corrected chi connectivity index (χ2v) is 7.40. The van der Waals surface area contributed by atoms with Gasteiger partial charge < -0.3 is 0 Å². The summed E-state index contributed by atoms with van der Waals surface area (Å²) in [6.07, 6.45) is 0. The molecule has 23 heavy (non-hydrogen) atoms. The van der Waals surface area contributed by atoms with Crippen LogP contribution in [0.5, 0.6) is 0 Å². The Morgan fingerprint density at radius 2 is 1.43 bits per heavy atom. The Labute approximate surface area is 145 Å². The average Bonchev–Trinajstić information content (AvgIpc) is 2.55. The van der Waals surface area contributed by atoms with Gasteiger partial charge in [0.25, 0.3) is 0 Å². The molecular formula is C21H16S2. The Kier molecular flexibility index (Phi) is 3.51. The van der Waals surface area contributed by atoms with Gasteiger partial charge in [-0.15, -0.1) is 11.3 Å². The largest absolute Gasteiger partial charge is 0.135 e. The van der Waals surface area contributed by atoms with Gasteiger partial charge >= 0.3 is 0 Å². The van der Waals surface area contributed by atoms with Crippen LogP contribution in [-0.2, 0) is 0 Å². The zero-order valence-corrected chi connectivity index (χ0v) is 14.7. The number of hydrogen-bond donors (Lipinski definition) is 0. The van der Waals surface area contributed by atoms with Crippen molar-refractivity contribution in [2.45, 2.75) is 13.8 Å². The highest BCUT2D eigenvalue weighted by atomic mass is 32.1. The van der Waals surface area contributed by atoms with Crippen LogP contribution < -0.4 is 0 Å². The fraction of sp³-hybridized carbons (Fsp3) is 0.0952. The topological polar surface area (TPSA) is 0 Å². The lowest BCUT2D eigenvalue weighted by Crippen LogP contribution is -1.88. The lowest BCUT2D eigenvalue weighted by atomic mass is 9.95. The molecule has 0 saturated heterocycles. The first-order chi connectivity index (χ1) is 11.1. The first-order valence-corrected chi connectivity index (χ1v) is 8.90. The molecule has 2 heteroatoms. The van der Waals surface area contributed by atoms with Crippen molar-refractivity contribution in [1.82, 2.24) is 0 Å². The summed E-state index contributed by atoms with van der Waals surface area (Å²) in [4.78, 5) is 0. The molecule has 0 atom stereocenters. The fourth-order valence-corrected chi connectivity index (χ4v) is 4.78. The molecule has 1 heterocycles. The van der Waals surface area contributed by atoms with Crippen molar-refractivity contribution in [1.29, 1.82) is 0 Å². The molecule has 1 aromatic heterocycles. The minimum Gasteiger partial charge on any atom is -0.135 e. The van der Waals surface area contributed by atoms with E-state index in [0.29, 0.717) is 0 Å². The van der Waals surface area contributed by atoms with E-state index in [4.69, 9.17) is 12.2 Å². The second kappa shape index (κ2) is 5.55. The Bertz CT molecular complexity index is 1080. The normalized spacial score (nSPS) is 11.2. The van der Waals surface area contributed by atoms with Crippen LogP contribution in [0.3, 0.4) is 0 Å². The van der Waals surface area contributed by atoms with E-state index in [9.17, 15) is 0 Å². The summed E-state index contributed by atoms with van der Waals surface area (Å²) in [6.45, 7) is 4.34. The summed E-state index contributed by atoms with van der Waals surface area (Å²) in [7, 11) is 0. The van der Waals surface area contributed by atoms with E-state index < -0.39 is 0 Å². The molecule has 0 aliphatic carbocycles. The summed E-state index contributed by atoms with van der Waals surface area (Å²) < 4.78 is 3.47. The van der Waals surface area contributed by atoms with Crippen molar-refractivity contribution in [3.63, 3.8) is 0 Å². The third kappa shape index (κ3) is 2.39. The van der Waals surface area contributed by atoms with Crippen molar-refractivity contribution in [2.75, 3.05) is 0 Å². The molecule has 112 valence electrons. The van der Waals surface area contributed by atoms with Gasteiger partial charge in [-0.2, -0.15) is 0 Å². The zero-order chi connectivity index (χ0) is 16.0. The maximum absolute atomic E-state index is 5.78. The Morgan fingerprint density at radius 1 is 0.739 bits per heavy atom. The maximum atomic E-state index is 5.78. The smallest absolute Gasteiger partial charge is 0.0550 e. The Morgan fingerprint density at radius 3 is 2.22 bits per heavy atom. The van der Waals surface area contributed by atoms with Gasteiger partial charge in [0.1, 0.15) is 0 Å². The molecule has 0 N–H and O–H groups in total. The third-order valence-electron chi connectivity index (χ3n) is 4.35. The Hall–Kier alpha value is -2.03. The van der Waals surface area contributed by atoms with Gasteiger partial charge in [-0.3, -0.25) is 0 Å². The van der Waals surface area contributed by atoms with Crippen molar-refractivity contribution in [2.24, 2.45) is 0 Å². The standard InChI is InChI=1S/C21H16S2/c1-13-6-5-7-14(2)20(13)15-10-11-19-17(12-15)21(22)16-8-3-4-9-18(16)23-19/h3-12H,1-2H3. The monoisotopic (exact) mass is 332 g/mol. The van der Waals surface area contributed by atoms with E-state index in [1.165, 1.54) is 42.4 Å². The van der Waals surface area contributed by atoms with Gasteiger partial charge in [0.05, 0.1) is 4.51 Å². The van der Waals surface area contributed by atoms with Gasteiger partial charge in [0, 0.05) is 20.2 Å².